The summed E-state index contributed by atoms with van der Waals surface area (Å²) in [5.41, 5.74) is 2.42. The molecule has 0 saturated carbocycles. The van der Waals surface area contributed by atoms with Crippen LogP contribution in [-0.4, -0.2) is 22.2 Å². The fourth-order valence-electron chi connectivity index (χ4n) is 1.70. The zero-order valence-electron chi connectivity index (χ0n) is 10.3. The monoisotopic (exact) mass is 239 g/mol. The number of nitriles is 1. The van der Waals surface area contributed by atoms with E-state index < -0.39 is 0 Å². The third kappa shape index (κ3) is 2.61. The van der Waals surface area contributed by atoms with Crippen molar-refractivity contribution < 1.29 is 0 Å². The molecule has 0 radical (unpaired) electrons. The zero-order valence-corrected chi connectivity index (χ0v) is 10.3. The van der Waals surface area contributed by atoms with Gasteiger partial charge in [-0.25, -0.2) is 0 Å². The van der Waals surface area contributed by atoms with E-state index in [-0.39, 0.29) is 0 Å². The van der Waals surface area contributed by atoms with Crippen LogP contribution >= 0.6 is 0 Å². The molecule has 0 amide bonds. The SMILES string of the molecule is Cc1cccc(CN(C)c2nnccc2C#N)n1. The number of hydrogen-bond acceptors (Lipinski definition) is 5. The van der Waals surface area contributed by atoms with Crippen LogP contribution in [-0.2, 0) is 6.54 Å². The van der Waals surface area contributed by atoms with Crippen LogP contribution in [0.15, 0.2) is 30.5 Å². The highest BCUT2D eigenvalue weighted by Gasteiger charge is 2.10. The molecule has 18 heavy (non-hydrogen) atoms. The average Bonchev–Trinajstić information content (AvgIpc) is 2.38. The quantitative estimate of drug-likeness (QED) is 0.815. The number of aryl methyl sites for hydroxylation is 1. The molecule has 0 atom stereocenters. The molecule has 0 fully saturated rings. The third-order valence-corrected chi connectivity index (χ3v) is 2.53. The van der Waals surface area contributed by atoms with Gasteiger partial charge in [-0.3, -0.25) is 4.98 Å². The Morgan fingerprint density at radius 2 is 2.17 bits per heavy atom. The van der Waals surface area contributed by atoms with Crippen molar-refractivity contribution in [3.63, 3.8) is 0 Å². The minimum atomic E-state index is 0.514. The highest BCUT2D eigenvalue weighted by molar-refractivity contribution is 5.51. The molecule has 0 unspecified atom stereocenters. The van der Waals surface area contributed by atoms with Crippen molar-refractivity contribution in [2.75, 3.05) is 11.9 Å². The first kappa shape index (κ1) is 12.0. The Labute approximate surface area is 106 Å². The van der Waals surface area contributed by atoms with Crippen molar-refractivity contribution in [3.05, 3.63) is 47.4 Å². The maximum Gasteiger partial charge on any atom is 0.169 e. The van der Waals surface area contributed by atoms with E-state index in [0.717, 1.165) is 11.4 Å². The Morgan fingerprint density at radius 1 is 1.33 bits per heavy atom. The molecular weight excluding hydrogens is 226 g/mol. The average molecular weight is 239 g/mol. The molecule has 2 rings (SSSR count). The van der Waals surface area contributed by atoms with Crippen LogP contribution in [0.3, 0.4) is 0 Å². The number of aromatic nitrogens is 3. The molecule has 0 aliphatic carbocycles. The lowest BCUT2D eigenvalue weighted by Crippen LogP contribution is -2.20. The number of rotatable bonds is 3. The maximum absolute atomic E-state index is 9.02. The second kappa shape index (κ2) is 5.23. The molecule has 90 valence electrons. The molecule has 0 aliphatic heterocycles. The summed E-state index contributed by atoms with van der Waals surface area (Å²) in [6.07, 6.45) is 1.51. The lowest BCUT2D eigenvalue weighted by atomic mass is 10.2. The Bertz CT molecular complexity index is 588. The lowest BCUT2D eigenvalue weighted by molar-refractivity contribution is 0.835. The van der Waals surface area contributed by atoms with E-state index in [9.17, 15) is 0 Å². The van der Waals surface area contributed by atoms with E-state index in [4.69, 9.17) is 5.26 Å². The second-order valence-corrected chi connectivity index (χ2v) is 4.01. The van der Waals surface area contributed by atoms with E-state index >= 15 is 0 Å². The molecule has 0 aliphatic rings. The van der Waals surface area contributed by atoms with Gasteiger partial charge in [0.25, 0.3) is 0 Å². The van der Waals surface area contributed by atoms with E-state index in [2.05, 4.69) is 21.3 Å². The predicted molar refractivity (Wildman–Crippen MR) is 67.8 cm³/mol. The minimum Gasteiger partial charge on any atom is -0.351 e. The normalized spacial score (nSPS) is 9.83. The fraction of sp³-hybridized carbons (Fsp3) is 0.231. The molecule has 0 bridgehead atoms. The topological polar surface area (TPSA) is 65.7 Å². The van der Waals surface area contributed by atoms with Gasteiger partial charge in [-0.05, 0) is 25.1 Å². The summed E-state index contributed by atoms with van der Waals surface area (Å²) >= 11 is 0. The summed E-state index contributed by atoms with van der Waals surface area (Å²) in [5, 5.41) is 16.8. The van der Waals surface area contributed by atoms with Crippen LogP contribution in [0.1, 0.15) is 17.0 Å². The molecule has 2 aromatic heterocycles. The van der Waals surface area contributed by atoms with Gasteiger partial charge in [0.05, 0.1) is 24.0 Å². The van der Waals surface area contributed by atoms with E-state index in [1.165, 1.54) is 6.20 Å². The third-order valence-electron chi connectivity index (χ3n) is 2.53. The summed E-state index contributed by atoms with van der Waals surface area (Å²) in [4.78, 5) is 6.29. The standard InChI is InChI=1S/C13H13N5/c1-10-4-3-5-12(16-10)9-18(2)13-11(8-14)6-7-15-17-13/h3-7H,9H2,1-2H3. The van der Waals surface area contributed by atoms with Gasteiger partial charge in [0.1, 0.15) is 6.07 Å². The number of hydrogen-bond donors (Lipinski definition) is 0. The predicted octanol–water partition coefficient (Wildman–Crippen LogP) is 1.69. The van der Waals surface area contributed by atoms with Gasteiger partial charge >= 0.3 is 0 Å². The van der Waals surface area contributed by atoms with Crippen LogP contribution in [0.25, 0.3) is 0 Å². The number of anilines is 1. The molecule has 5 heteroatoms. The first-order valence-electron chi connectivity index (χ1n) is 5.56. The van der Waals surface area contributed by atoms with E-state index in [1.807, 2.05) is 37.1 Å². The highest BCUT2D eigenvalue weighted by Crippen LogP contribution is 2.15. The van der Waals surface area contributed by atoms with Gasteiger partial charge in [0, 0.05) is 12.7 Å². The molecule has 0 N–H and O–H groups in total. The van der Waals surface area contributed by atoms with Crippen molar-refractivity contribution in [1.82, 2.24) is 15.2 Å². The van der Waals surface area contributed by atoms with Crippen molar-refractivity contribution in [1.29, 1.82) is 5.26 Å². The smallest absolute Gasteiger partial charge is 0.169 e. The van der Waals surface area contributed by atoms with E-state index in [0.29, 0.717) is 17.9 Å². The summed E-state index contributed by atoms with van der Waals surface area (Å²) in [6, 6.07) is 9.63. The van der Waals surface area contributed by atoms with Gasteiger partial charge in [-0.2, -0.15) is 10.4 Å². The molecular formula is C13H13N5. The zero-order chi connectivity index (χ0) is 13.0. The van der Waals surface area contributed by atoms with Gasteiger partial charge in [0.15, 0.2) is 5.82 Å². The summed E-state index contributed by atoms with van der Waals surface area (Å²) < 4.78 is 0. The molecule has 0 saturated heterocycles. The Kier molecular flexibility index (Phi) is 3.49. The second-order valence-electron chi connectivity index (χ2n) is 4.01. The van der Waals surface area contributed by atoms with Crippen LogP contribution in [0, 0.1) is 18.3 Å². The van der Waals surface area contributed by atoms with Crippen LogP contribution in [0.4, 0.5) is 5.82 Å². The van der Waals surface area contributed by atoms with Crippen molar-refractivity contribution in [2.45, 2.75) is 13.5 Å². The molecule has 5 nitrogen and oxygen atoms in total. The molecule has 2 heterocycles. The molecule has 2 aromatic rings. The van der Waals surface area contributed by atoms with Gasteiger partial charge < -0.3 is 4.90 Å². The summed E-state index contributed by atoms with van der Waals surface area (Å²) in [7, 11) is 1.87. The fourth-order valence-corrected chi connectivity index (χ4v) is 1.70. The van der Waals surface area contributed by atoms with Crippen LogP contribution in [0.2, 0.25) is 0 Å². The van der Waals surface area contributed by atoms with Crippen molar-refractivity contribution in [3.8, 4) is 6.07 Å². The van der Waals surface area contributed by atoms with E-state index in [1.54, 1.807) is 6.07 Å². The van der Waals surface area contributed by atoms with Crippen LogP contribution < -0.4 is 4.90 Å². The van der Waals surface area contributed by atoms with Gasteiger partial charge in [0.2, 0.25) is 0 Å². The minimum absolute atomic E-state index is 0.514. The molecule has 0 spiro atoms. The summed E-state index contributed by atoms with van der Waals surface area (Å²) in [6.45, 7) is 2.54. The van der Waals surface area contributed by atoms with Crippen LogP contribution in [0.5, 0.6) is 0 Å². The highest BCUT2D eigenvalue weighted by atomic mass is 15.2. The summed E-state index contributed by atoms with van der Waals surface area (Å²) in [5.74, 6) is 0.573. The van der Waals surface area contributed by atoms with Crippen molar-refractivity contribution in [2.24, 2.45) is 0 Å². The lowest BCUT2D eigenvalue weighted by Gasteiger charge is -2.17. The van der Waals surface area contributed by atoms with Crippen molar-refractivity contribution >= 4 is 5.82 Å². The largest absolute Gasteiger partial charge is 0.351 e. The first-order chi connectivity index (χ1) is 8.70. The maximum atomic E-state index is 9.02. The number of pyridine rings is 1. The Balaban J connectivity index is 2.22. The Hall–Kier alpha value is -2.48. The first-order valence-corrected chi connectivity index (χ1v) is 5.56. The number of nitrogens with zero attached hydrogens (tertiary/aromatic N) is 5. The molecule has 0 aromatic carbocycles. The van der Waals surface area contributed by atoms with Gasteiger partial charge in [-0.1, -0.05) is 6.07 Å². The van der Waals surface area contributed by atoms with Gasteiger partial charge in [-0.15, -0.1) is 5.10 Å². The Morgan fingerprint density at radius 3 is 2.89 bits per heavy atom.